The van der Waals surface area contributed by atoms with Crippen molar-refractivity contribution in [1.29, 1.82) is 0 Å². The van der Waals surface area contributed by atoms with Crippen molar-refractivity contribution >= 4 is 22.4 Å². The number of carbonyl (C=O) groups excluding carboxylic acids is 1. The molecule has 1 aliphatic heterocycles. The third-order valence-corrected chi connectivity index (χ3v) is 6.15. The van der Waals surface area contributed by atoms with E-state index >= 15 is 0 Å². The molecule has 1 saturated heterocycles. The molecule has 3 fully saturated rings. The number of anilines is 1. The Kier molecular flexibility index (Phi) is 4.15. The predicted molar refractivity (Wildman–Crippen MR) is 85.8 cm³/mol. The maximum Gasteiger partial charge on any atom is 0.229 e. The zero-order valence-electron chi connectivity index (χ0n) is 12.8. The van der Waals surface area contributed by atoms with Crippen LogP contribution in [0.15, 0.2) is 5.38 Å². The van der Waals surface area contributed by atoms with E-state index in [2.05, 4.69) is 20.6 Å². The Labute approximate surface area is 135 Å². The SMILES string of the molecule is O=C(Nc1nc(CN2CCOCC2)cs1)[C@H]1C[C@H]2CC[C@H]1C2. The summed E-state index contributed by atoms with van der Waals surface area (Å²) < 4.78 is 5.36. The van der Waals surface area contributed by atoms with E-state index in [1.807, 2.05) is 0 Å². The first-order chi connectivity index (χ1) is 10.8. The van der Waals surface area contributed by atoms with E-state index in [1.165, 1.54) is 19.3 Å². The Hall–Kier alpha value is -0.980. The van der Waals surface area contributed by atoms with Gasteiger partial charge in [0.05, 0.1) is 18.9 Å². The molecule has 22 heavy (non-hydrogen) atoms. The van der Waals surface area contributed by atoms with Gasteiger partial charge in [-0.25, -0.2) is 4.98 Å². The number of hydrogen-bond donors (Lipinski definition) is 1. The van der Waals surface area contributed by atoms with Crippen LogP contribution in [0.2, 0.25) is 0 Å². The zero-order chi connectivity index (χ0) is 14.9. The van der Waals surface area contributed by atoms with E-state index in [0.29, 0.717) is 5.92 Å². The lowest BCUT2D eigenvalue weighted by Crippen LogP contribution is -2.35. The van der Waals surface area contributed by atoms with Crippen LogP contribution in [-0.2, 0) is 16.1 Å². The molecule has 2 aliphatic carbocycles. The summed E-state index contributed by atoms with van der Waals surface area (Å²) in [6.07, 6.45) is 4.92. The number of thiazole rings is 1. The van der Waals surface area contributed by atoms with E-state index in [1.54, 1.807) is 11.3 Å². The smallest absolute Gasteiger partial charge is 0.229 e. The van der Waals surface area contributed by atoms with Crippen LogP contribution < -0.4 is 5.32 Å². The standard InChI is InChI=1S/C16H23N3O2S/c20-15(14-8-11-1-2-12(14)7-11)18-16-17-13(10-22-16)9-19-3-5-21-6-4-19/h10-12,14H,1-9H2,(H,17,18,20)/t11-,12-,14-/m0/s1. The highest BCUT2D eigenvalue weighted by Gasteiger charge is 2.43. The fourth-order valence-corrected chi connectivity index (χ4v) is 4.89. The topological polar surface area (TPSA) is 54.5 Å². The maximum atomic E-state index is 12.4. The van der Waals surface area contributed by atoms with Crippen molar-refractivity contribution in [3.63, 3.8) is 0 Å². The summed E-state index contributed by atoms with van der Waals surface area (Å²) in [5.74, 6) is 1.84. The molecule has 5 nitrogen and oxygen atoms in total. The minimum Gasteiger partial charge on any atom is -0.379 e. The zero-order valence-corrected chi connectivity index (χ0v) is 13.6. The molecule has 1 N–H and O–H groups in total. The number of nitrogens with zero attached hydrogens (tertiary/aromatic N) is 2. The maximum absolute atomic E-state index is 12.4. The number of nitrogens with one attached hydrogen (secondary N) is 1. The van der Waals surface area contributed by atoms with E-state index in [9.17, 15) is 4.79 Å². The number of fused-ring (bicyclic) bond motifs is 2. The molecule has 1 amide bonds. The van der Waals surface area contributed by atoms with Crippen molar-refractivity contribution in [3.05, 3.63) is 11.1 Å². The summed E-state index contributed by atoms with van der Waals surface area (Å²) in [6, 6.07) is 0. The van der Waals surface area contributed by atoms with Gasteiger partial charge in [0, 0.05) is 30.9 Å². The van der Waals surface area contributed by atoms with Crippen LogP contribution in [0.25, 0.3) is 0 Å². The van der Waals surface area contributed by atoms with E-state index < -0.39 is 0 Å². The summed E-state index contributed by atoms with van der Waals surface area (Å²) in [4.78, 5) is 19.4. The minimum absolute atomic E-state index is 0.194. The summed E-state index contributed by atoms with van der Waals surface area (Å²) in [5.41, 5.74) is 1.05. The number of ether oxygens (including phenoxy) is 1. The second-order valence-corrected chi connectivity index (χ2v) is 7.66. The molecule has 0 spiro atoms. The second kappa shape index (κ2) is 6.26. The highest BCUT2D eigenvalue weighted by atomic mass is 32.1. The molecular weight excluding hydrogens is 298 g/mol. The third-order valence-electron chi connectivity index (χ3n) is 5.35. The predicted octanol–water partition coefficient (Wildman–Crippen LogP) is 2.35. The van der Waals surface area contributed by atoms with Crippen LogP contribution in [0.5, 0.6) is 0 Å². The van der Waals surface area contributed by atoms with Gasteiger partial charge in [0.1, 0.15) is 0 Å². The Balaban J connectivity index is 1.32. The van der Waals surface area contributed by atoms with Crippen LogP contribution in [-0.4, -0.2) is 42.1 Å². The lowest BCUT2D eigenvalue weighted by Gasteiger charge is -2.25. The average Bonchev–Trinajstić information content (AvgIpc) is 3.25. The van der Waals surface area contributed by atoms with E-state index in [4.69, 9.17) is 4.74 Å². The molecule has 3 aliphatic rings. The monoisotopic (exact) mass is 321 g/mol. The van der Waals surface area contributed by atoms with Gasteiger partial charge in [-0.1, -0.05) is 6.42 Å². The number of aromatic nitrogens is 1. The molecular formula is C16H23N3O2S. The van der Waals surface area contributed by atoms with Gasteiger partial charge in [-0.15, -0.1) is 11.3 Å². The Morgan fingerprint density at radius 3 is 2.95 bits per heavy atom. The molecule has 1 aromatic rings. The van der Waals surface area contributed by atoms with Gasteiger partial charge in [0.2, 0.25) is 5.91 Å². The van der Waals surface area contributed by atoms with Crippen molar-refractivity contribution in [2.24, 2.45) is 17.8 Å². The first kappa shape index (κ1) is 14.6. The first-order valence-electron chi connectivity index (χ1n) is 8.33. The van der Waals surface area contributed by atoms with Gasteiger partial charge in [-0.05, 0) is 31.1 Å². The van der Waals surface area contributed by atoms with Crippen LogP contribution in [0, 0.1) is 17.8 Å². The molecule has 0 radical (unpaired) electrons. The fraction of sp³-hybridized carbons (Fsp3) is 0.750. The first-order valence-corrected chi connectivity index (χ1v) is 9.21. The minimum atomic E-state index is 0.194. The van der Waals surface area contributed by atoms with Gasteiger partial charge in [0.15, 0.2) is 5.13 Å². The fourth-order valence-electron chi connectivity index (χ4n) is 4.19. The van der Waals surface area contributed by atoms with Crippen molar-refractivity contribution in [2.45, 2.75) is 32.2 Å². The molecule has 120 valence electrons. The van der Waals surface area contributed by atoms with Crippen LogP contribution >= 0.6 is 11.3 Å². The average molecular weight is 321 g/mol. The Morgan fingerprint density at radius 1 is 1.36 bits per heavy atom. The summed E-state index contributed by atoms with van der Waals surface area (Å²) >= 11 is 1.54. The van der Waals surface area contributed by atoms with Gasteiger partial charge < -0.3 is 10.1 Å². The molecule has 6 heteroatoms. The molecule has 2 heterocycles. The van der Waals surface area contributed by atoms with Gasteiger partial charge in [-0.2, -0.15) is 0 Å². The Morgan fingerprint density at radius 2 is 2.23 bits per heavy atom. The van der Waals surface area contributed by atoms with Crippen molar-refractivity contribution in [1.82, 2.24) is 9.88 Å². The molecule has 2 bridgehead atoms. The molecule has 2 saturated carbocycles. The number of morpholine rings is 1. The molecule has 1 aromatic heterocycles. The van der Waals surface area contributed by atoms with Crippen molar-refractivity contribution in [3.8, 4) is 0 Å². The molecule has 0 aromatic carbocycles. The van der Waals surface area contributed by atoms with Crippen molar-refractivity contribution in [2.75, 3.05) is 31.6 Å². The van der Waals surface area contributed by atoms with Gasteiger partial charge in [-0.3, -0.25) is 9.69 Å². The van der Waals surface area contributed by atoms with Crippen LogP contribution in [0.1, 0.15) is 31.4 Å². The Bertz CT molecular complexity index is 541. The van der Waals surface area contributed by atoms with Crippen LogP contribution in [0.4, 0.5) is 5.13 Å². The number of carbonyl (C=O) groups is 1. The van der Waals surface area contributed by atoms with E-state index in [0.717, 1.165) is 56.0 Å². The van der Waals surface area contributed by atoms with Gasteiger partial charge >= 0.3 is 0 Å². The number of hydrogen-bond acceptors (Lipinski definition) is 5. The summed E-state index contributed by atoms with van der Waals surface area (Å²) in [6.45, 7) is 4.38. The number of rotatable bonds is 4. The summed E-state index contributed by atoms with van der Waals surface area (Å²) in [7, 11) is 0. The summed E-state index contributed by atoms with van der Waals surface area (Å²) in [5, 5.41) is 5.87. The lowest BCUT2D eigenvalue weighted by atomic mass is 9.88. The normalized spacial score (nSPS) is 31.5. The van der Waals surface area contributed by atoms with E-state index in [-0.39, 0.29) is 11.8 Å². The quantitative estimate of drug-likeness (QED) is 0.925. The lowest BCUT2D eigenvalue weighted by molar-refractivity contribution is -0.121. The molecule has 0 unspecified atom stereocenters. The highest BCUT2D eigenvalue weighted by Crippen LogP contribution is 2.48. The van der Waals surface area contributed by atoms with Crippen LogP contribution in [0.3, 0.4) is 0 Å². The third kappa shape index (κ3) is 3.05. The number of amides is 1. The largest absolute Gasteiger partial charge is 0.379 e. The molecule has 4 rings (SSSR count). The van der Waals surface area contributed by atoms with Gasteiger partial charge in [0.25, 0.3) is 0 Å². The molecule has 3 atom stereocenters. The highest BCUT2D eigenvalue weighted by molar-refractivity contribution is 7.13. The second-order valence-electron chi connectivity index (χ2n) is 6.80. The van der Waals surface area contributed by atoms with Crippen molar-refractivity contribution < 1.29 is 9.53 Å².